The molecule has 0 radical (unpaired) electrons. The highest BCUT2D eigenvalue weighted by Gasteiger charge is 2.48. The topological polar surface area (TPSA) is 54.3 Å². The average molecular weight is 339 g/mol. The molecule has 132 valence electrons. The number of aryl methyl sites for hydroxylation is 1. The quantitative estimate of drug-likeness (QED) is 0.853. The monoisotopic (exact) mass is 339 g/mol. The lowest BCUT2D eigenvalue weighted by Gasteiger charge is -2.39. The van der Waals surface area contributed by atoms with Crippen LogP contribution in [0.15, 0.2) is 36.9 Å². The molecular weight excluding hydrogens is 314 g/mol. The van der Waals surface area contributed by atoms with E-state index in [2.05, 4.69) is 21.2 Å². The van der Waals surface area contributed by atoms with Crippen LogP contribution in [0, 0.1) is 5.41 Å². The standard InChI is InChI=1S/C19H25N5O/c1-22-12-17(11-21-22)13-23-8-3-5-19(15-23)6-9-24(18(19)25)14-16-4-2-7-20-10-16/h2,4,7,10-12H,3,5-6,8-9,13-15H2,1H3. The van der Waals surface area contributed by atoms with Gasteiger partial charge in [0.1, 0.15) is 0 Å². The van der Waals surface area contributed by atoms with Crippen LogP contribution in [0.25, 0.3) is 0 Å². The molecule has 6 heteroatoms. The first-order valence-corrected chi connectivity index (χ1v) is 9.03. The zero-order chi connectivity index (χ0) is 17.3. The van der Waals surface area contributed by atoms with Crippen molar-refractivity contribution in [2.45, 2.75) is 32.4 Å². The summed E-state index contributed by atoms with van der Waals surface area (Å²) in [7, 11) is 1.94. The van der Waals surface area contributed by atoms with Gasteiger partial charge in [-0.2, -0.15) is 5.10 Å². The van der Waals surface area contributed by atoms with Gasteiger partial charge in [0, 0.05) is 57.4 Å². The van der Waals surface area contributed by atoms with E-state index in [0.29, 0.717) is 12.5 Å². The van der Waals surface area contributed by atoms with Crippen molar-refractivity contribution in [1.29, 1.82) is 0 Å². The zero-order valence-corrected chi connectivity index (χ0v) is 14.8. The molecular formula is C19H25N5O. The van der Waals surface area contributed by atoms with Gasteiger partial charge >= 0.3 is 0 Å². The van der Waals surface area contributed by atoms with Crippen LogP contribution >= 0.6 is 0 Å². The van der Waals surface area contributed by atoms with Crippen LogP contribution in [0.3, 0.4) is 0 Å². The van der Waals surface area contributed by atoms with Crippen LogP contribution in [0.1, 0.15) is 30.4 Å². The summed E-state index contributed by atoms with van der Waals surface area (Å²) in [6.45, 7) is 4.34. The largest absolute Gasteiger partial charge is 0.338 e. The number of nitrogens with zero attached hydrogens (tertiary/aromatic N) is 5. The molecule has 4 rings (SSSR count). The maximum Gasteiger partial charge on any atom is 0.230 e. The van der Waals surface area contributed by atoms with Crippen LogP contribution in [-0.2, 0) is 24.9 Å². The highest BCUT2D eigenvalue weighted by Crippen LogP contribution is 2.40. The van der Waals surface area contributed by atoms with Gasteiger partial charge in [-0.1, -0.05) is 6.07 Å². The second-order valence-corrected chi connectivity index (χ2v) is 7.45. The Hall–Kier alpha value is -2.21. The third-order valence-corrected chi connectivity index (χ3v) is 5.52. The Labute approximate surface area is 148 Å². The third-order valence-electron chi connectivity index (χ3n) is 5.52. The SMILES string of the molecule is Cn1cc(CN2CCCC3(CCN(Cc4cccnc4)C3=O)C2)cn1. The maximum atomic E-state index is 13.2. The minimum atomic E-state index is -0.192. The van der Waals surface area contributed by atoms with Gasteiger partial charge in [0.05, 0.1) is 11.6 Å². The van der Waals surface area contributed by atoms with Crippen LogP contribution in [0.2, 0.25) is 0 Å². The molecule has 0 aromatic carbocycles. The van der Waals surface area contributed by atoms with Gasteiger partial charge in [0.15, 0.2) is 0 Å². The highest BCUT2D eigenvalue weighted by molar-refractivity contribution is 5.85. The molecule has 1 spiro atoms. The van der Waals surface area contributed by atoms with Gasteiger partial charge < -0.3 is 4.90 Å². The zero-order valence-electron chi connectivity index (χ0n) is 14.8. The molecule has 2 aliphatic heterocycles. The van der Waals surface area contributed by atoms with Gasteiger partial charge in [-0.15, -0.1) is 0 Å². The summed E-state index contributed by atoms with van der Waals surface area (Å²) in [5.74, 6) is 0.326. The minimum Gasteiger partial charge on any atom is -0.338 e. The number of aromatic nitrogens is 3. The van der Waals surface area contributed by atoms with Crippen molar-refractivity contribution in [3.05, 3.63) is 48.0 Å². The summed E-state index contributed by atoms with van der Waals surface area (Å²) in [4.78, 5) is 21.8. The second kappa shape index (κ2) is 6.59. The van der Waals surface area contributed by atoms with Crippen LogP contribution in [0.4, 0.5) is 0 Å². The molecule has 0 saturated carbocycles. The normalized spacial score (nSPS) is 24.4. The van der Waals surface area contributed by atoms with Crippen molar-refractivity contribution < 1.29 is 4.79 Å². The van der Waals surface area contributed by atoms with E-state index in [1.165, 1.54) is 5.56 Å². The summed E-state index contributed by atoms with van der Waals surface area (Å²) >= 11 is 0. The number of hydrogen-bond donors (Lipinski definition) is 0. The molecule has 1 atom stereocenters. The predicted molar refractivity (Wildman–Crippen MR) is 94.4 cm³/mol. The first-order valence-electron chi connectivity index (χ1n) is 9.03. The van der Waals surface area contributed by atoms with E-state index in [1.807, 2.05) is 41.2 Å². The fourth-order valence-corrected chi connectivity index (χ4v) is 4.31. The second-order valence-electron chi connectivity index (χ2n) is 7.45. The first-order chi connectivity index (χ1) is 12.1. The number of carbonyl (C=O) groups is 1. The molecule has 2 aromatic rings. The molecule has 25 heavy (non-hydrogen) atoms. The molecule has 1 amide bonds. The molecule has 4 heterocycles. The molecule has 0 bridgehead atoms. The summed E-state index contributed by atoms with van der Waals surface area (Å²) in [6, 6.07) is 3.97. The Kier molecular flexibility index (Phi) is 4.29. The van der Waals surface area contributed by atoms with Gasteiger partial charge in [-0.25, -0.2) is 0 Å². The van der Waals surface area contributed by atoms with Crippen LogP contribution < -0.4 is 0 Å². The molecule has 0 N–H and O–H groups in total. The predicted octanol–water partition coefficient (Wildman–Crippen LogP) is 1.83. The van der Waals surface area contributed by atoms with Gasteiger partial charge in [-0.05, 0) is 37.4 Å². The smallest absolute Gasteiger partial charge is 0.230 e. The van der Waals surface area contributed by atoms with E-state index in [9.17, 15) is 4.79 Å². The fraction of sp³-hybridized carbons (Fsp3) is 0.526. The van der Waals surface area contributed by atoms with Crippen LogP contribution in [0.5, 0.6) is 0 Å². The number of carbonyl (C=O) groups excluding carboxylic acids is 1. The van der Waals surface area contributed by atoms with Crippen molar-refractivity contribution in [3.63, 3.8) is 0 Å². The van der Waals surface area contributed by atoms with Gasteiger partial charge in [-0.3, -0.25) is 19.4 Å². The van der Waals surface area contributed by atoms with E-state index in [-0.39, 0.29) is 5.41 Å². The lowest BCUT2D eigenvalue weighted by atomic mass is 9.78. The van der Waals surface area contributed by atoms with Crippen molar-refractivity contribution in [2.24, 2.45) is 12.5 Å². The molecule has 1 unspecified atom stereocenters. The molecule has 2 aromatic heterocycles. The van der Waals surface area contributed by atoms with E-state index in [1.54, 1.807) is 6.20 Å². The van der Waals surface area contributed by atoms with Crippen molar-refractivity contribution in [2.75, 3.05) is 19.6 Å². The Morgan fingerprint density at radius 3 is 2.84 bits per heavy atom. The van der Waals surface area contributed by atoms with Crippen molar-refractivity contribution in [1.82, 2.24) is 24.6 Å². The Balaban J connectivity index is 1.43. The number of pyridine rings is 1. The Morgan fingerprint density at radius 1 is 1.16 bits per heavy atom. The van der Waals surface area contributed by atoms with E-state index < -0.39 is 0 Å². The summed E-state index contributed by atoms with van der Waals surface area (Å²) in [5.41, 5.74) is 2.14. The number of rotatable bonds is 4. The van der Waals surface area contributed by atoms with Crippen molar-refractivity contribution in [3.8, 4) is 0 Å². The summed E-state index contributed by atoms with van der Waals surface area (Å²) in [6.07, 6.45) is 10.7. The first kappa shape index (κ1) is 16.3. The van der Waals surface area contributed by atoms with Gasteiger partial charge in [0.2, 0.25) is 5.91 Å². The molecule has 0 aliphatic carbocycles. The Bertz CT molecular complexity index is 743. The maximum absolute atomic E-state index is 13.2. The molecule has 2 saturated heterocycles. The van der Waals surface area contributed by atoms with Crippen LogP contribution in [-0.4, -0.2) is 50.1 Å². The van der Waals surface area contributed by atoms with E-state index >= 15 is 0 Å². The highest BCUT2D eigenvalue weighted by atomic mass is 16.2. The van der Waals surface area contributed by atoms with E-state index in [0.717, 1.165) is 51.0 Å². The Morgan fingerprint density at radius 2 is 2.08 bits per heavy atom. The third kappa shape index (κ3) is 3.31. The molecule has 2 fully saturated rings. The summed E-state index contributed by atoms with van der Waals surface area (Å²) < 4.78 is 1.84. The number of hydrogen-bond acceptors (Lipinski definition) is 4. The molecule has 2 aliphatic rings. The van der Waals surface area contributed by atoms with Crippen molar-refractivity contribution >= 4 is 5.91 Å². The van der Waals surface area contributed by atoms with E-state index in [4.69, 9.17) is 0 Å². The lowest BCUT2D eigenvalue weighted by Crippen LogP contribution is -2.47. The fourth-order valence-electron chi connectivity index (χ4n) is 4.31. The van der Waals surface area contributed by atoms with Gasteiger partial charge in [0.25, 0.3) is 0 Å². The number of amides is 1. The average Bonchev–Trinajstić information content (AvgIpc) is 3.15. The molecule has 6 nitrogen and oxygen atoms in total. The number of likely N-dealkylation sites (tertiary alicyclic amines) is 2. The minimum absolute atomic E-state index is 0.192. The summed E-state index contributed by atoms with van der Waals surface area (Å²) in [5, 5.41) is 4.25. The lowest BCUT2D eigenvalue weighted by molar-refractivity contribution is -0.139. The number of piperidine rings is 1.